The van der Waals surface area contributed by atoms with Crippen LogP contribution in [0.5, 0.6) is 0 Å². The largest absolute Gasteiger partial charge is 0.396 e. The maximum Gasteiger partial charge on any atom is 0.0676 e. The van der Waals surface area contributed by atoms with Crippen molar-refractivity contribution in [2.75, 3.05) is 13.2 Å². The molecule has 1 saturated heterocycles. The minimum atomic E-state index is -0.0208. The van der Waals surface area contributed by atoms with Gasteiger partial charge in [-0.3, -0.25) is 0 Å². The van der Waals surface area contributed by atoms with Crippen molar-refractivity contribution < 1.29 is 9.84 Å². The van der Waals surface area contributed by atoms with E-state index < -0.39 is 0 Å². The molecule has 0 spiro atoms. The molecule has 0 aromatic heterocycles. The molecule has 0 bridgehead atoms. The minimum Gasteiger partial charge on any atom is -0.396 e. The van der Waals surface area contributed by atoms with Gasteiger partial charge in [0.25, 0.3) is 0 Å². The normalized spacial score (nSPS) is 34.2. The molecular formula is C8H16O2. The number of rotatable bonds is 2. The van der Waals surface area contributed by atoms with E-state index in [0.717, 1.165) is 19.4 Å². The monoisotopic (exact) mass is 144 g/mol. The van der Waals surface area contributed by atoms with Crippen molar-refractivity contribution in [2.24, 2.45) is 0 Å². The zero-order chi connectivity index (χ0) is 7.45. The first kappa shape index (κ1) is 8.02. The molecule has 0 aromatic carbocycles. The first-order valence-corrected chi connectivity index (χ1v) is 4.02. The van der Waals surface area contributed by atoms with E-state index in [-0.39, 0.29) is 12.2 Å². The Kier molecular flexibility index (Phi) is 2.69. The highest BCUT2D eigenvalue weighted by atomic mass is 16.5. The van der Waals surface area contributed by atoms with E-state index >= 15 is 0 Å². The molecule has 0 saturated carbocycles. The summed E-state index contributed by atoms with van der Waals surface area (Å²) in [6, 6.07) is 0. The van der Waals surface area contributed by atoms with E-state index in [1.54, 1.807) is 0 Å². The summed E-state index contributed by atoms with van der Waals surface area (Å²) in [7, 11) is 0. The van der Waals surface area contributed by atoms with Crippen LogP contribution in [0.15, 0.2) is 0 Å². The molecular weight excluding hydrogens is 128 g/mol. The average molecular weight is 144 g/mol. The van der Waals surface area contributed by atoms with Crippen LogP contribution in [0.4, 0.5) is 0 Å². The molecule has 1 heterocycles. The van der Waals surface area contributed by atoms with E-state index in [1.165, 1.54) is 12.8 Å². The van der Waals surface area contributed by atoms with Crippen molar-refractivity contribution in [3.8, 4) is 0 Å². The lowest BCUT2D eigenvalue weighted by Gasteiger charge is -2.33. The first-order valence-electron chi connectivity index (χ1n) is 4.02. The predicted molar refractivity (Wildman–Crippen MR) is 39.9 cm³/mol. The van der Waals surface area contributed by atoms with Gasteiger partial charge in [0.05, 0.1) is 5.60 Å². The molecule has 0 aromatic rings. The third-order valence-corrected chi connectivity index (χ3v) is 2.19. The lowest BCUT2D eigenvalue weighted by atomic mass is 9.93. The van der Waals surface area contributed by atoms with Crippen molar-refractivity contribution in [1.29, 1.82) is 0 Å². The minimum absolute atomic E-state index is 0.0208. The standard InChI is InChI=1S/C8H16O2/c1-8(5-6-9)4-2-3-7-10-8/h9H,2-7H2,1H3/t8-/m1/s1. The average Bonchev–Trinajstić information content (AvgIpc) is 1.89. The van der Waals surface area contributed by atoms with Crippen LogP contribution in [0.25, 0.3) is 0 Å². The molecule has 1 aliphatic heterocycles. The van der Waals surface area contributed by atoms with Crippen LogP contribution < -0.4 is 0 Å². The van der Waals surface area contributed by atoms with Crippen LogP contribution in [0.2, 0.25) is 0 Å². The zero-order valence-corrected chi connectivity index (χ0v) is 6.60. The van der Waals surface area contributed by atoms with Crippen LogP contribution in [0, 0.1) is 0 Å². The van der Waals surface area contributed by atoms with Gasteiger partial charge in [0.1, 0.15) is 0 Å². The molecule has 1 fully saturated rings. The number of hydrogen-bond donors (Lipinski definition) is 1. The molecule has 1 N–H and O–H groups in total. The van der Waals surface area contributed by atoms with E-state index in [4.69, 9.17) is 9.84 Å². The number of aliphatic hydroxyl groups excluding tert-OH is 1. The molecule has 10 heavy (non-hydrogen) atoms. The molecule has 0 amide bonds. The molecule has 0 radical (unpaired) electrons. The maximum absolute atomic E-state index is 8.70. The Morgan fingerprint density at radius 3 is 2.80 bits per heavy atom. The lowest BCUT2D eigenvalue weighted by Crippen LogP contribution is -2.33. The Bertz CT molecular complexity index is 89.9. The Hall–Kier alpha value is -0.0800. The molecule has 1 rings (SSSR count). The van der Waals surface area contributed by atoms with Gasteiger partial charge in [0.2, 0.25) is 0 Å². The Balaban J connectivity index is 2.32. The molecule has 2 nitrogen and oxygen atoms in total. The summed E-state index contributed by atoms with van der Waals surface area (Å²) in [6.07, 6.45) is 4.32. The highest BCUT2D eigenvalue weighted by molar-refractivity contribution is 4.77. The van der Waals surface area contributed by atoms with Crippen LogP contribution in [-0.2, 0) is 4.74 Å². The zero-order valence-electron chi connectivity index (χ0n) is 6.60. The molecule has 0 aliphatic carbocycles. The SMILES string of the molecule is C[C@]1(CCO)CCCCO1. The van der Waals surface area contributed by atoms with E-state index in [9.17, 15) is 0 Å². The van der Waals surface area contributed by atoms with Gasteiger partial charge in [-0.15, -0.1) is 0 Å². The molecule has 2 heteroatoms. The summed E-state index contributed by atoms with van der Waals surface area (Å²) in [5, 5.41) is 8.70. The van der Waals surface area contributed by atoms with E-state index in [2.05, 4.69) is 6.92 Å². The maximum atomic E-state index is 8.70. The molecule has 0 unspecified atom stereocenters. The van der Waals surface area contributed by atoms with Gasteiger partial charge in [-0.1, -0.05) is 0 Å². The number of hydrogen-bond acceptors (Lipinski definition) is 2. The summed E-state index contributed by atoms with van der Waals surface area (Å²) < 4.78 is 5.55. The summed E-state index contributed by atoms with van der Waals surface area (Å²) in [5.74, 6) is 0. The third kappa shape index (κ3) is 1.96. The van der Waals surface area contributed by atoms with Crippen molar-refractivity contribution in [3.63, 3.8) is 0 Å². The van der Waals surface area contributed by atoms with E-state index in [1.807, 2.05) is 0 Å². The van der Waals surface area contributed by atoms with Gasteiger partial charge in [-0.25, -0.2) is 0 Å². The number of aliphatic hydroxyl groups is 1. The lowest BCUT2D eigenvalue weighted by molar-refractivity contribution is -0.0770. The van der Waals surface area contributed by atoms with Crippen molar-refractivity contribution in [3.05, 3.63) is 0 Å². The predicted octanol–water partition coefficient (Wildman–Crippen LogP) is 1.33. The van der Waals surface area contributed by atoms with Gasteiger partial charge >= 0.3 is 0 Å². The third-order valence-electron chi connectivity index (χ3n) is 2.19. The Morgan fingerprint density at radius 1 is 1.50 bits per heavy atom. The highest BCUT2D eigenvalue weighted by Gasteiger charge is 2.26. The summed E-state index contributed by atoms with van der Waals surface area (Å²) >= 11 is 0. The van der Waals surface area contributed by atoms with E-state index in [0.29, 0.717) is 0 Å². The van der Waals surface area contributed by atoms with Crippen LogP contribution in [-0.4, -0.2) is 23.9 Å². The second kappa shape index (κ2) is 3.35. The smallest absolute Gasteiger partial charge is 0.0676 e. The van der Waals surface area contributed by atoms with Crippen molar-refractivity contribution >= 4 is 0 Å². The molecule has 60 valence electrons. The van der Waals surface area contributed by atoms with Gasteiger partial charge in [-0.05, 0) is 32.6 Å². The van der Waals surface area contributed by atoms with Crippen LogP contribution in [0.1, 0.15) is 32.6 Å². The fraction of sp³-hybridized carbons (Fsp3) is 1.00. The van der Waals surface area contributed by atoms with Crippen molar-refractivity contribution in [1.82, 2.24) is 0 Å². The highest BCUT2D eigenvalue weighted by Crippen LogP contribution is 2.26. The van der Waals surface area contributed by atoms with Gasteiger partial charge in [0.15, 0.2) is 0 Å². The molecule has 1 aliphatic rings. The van der Waals surface area contributed by atoms with Crippen LogP contribution in [0.3, 0.4) is 0 Å². The fourth-order valence-corrected chi connectivity index (χ4v) is 1.43. The van der Waals surface area contributed by atoms with Crippen LogP contribution >= 0.6 is 0 Å². The van der Waals surface area contributed by atoms with Gasteiger partial charge in [-0.2, -0.15) is 0 Å². The fourth-order valence-electron chi connectivity index (χ4n) is 1.43. The molecule has 1 atom stereocenters. The summed E-state index contributed by atoms with van der Waals surface area (Å²) in [5.41, 5.74) is -0.0208. The number of ether oxygens (including phenoxy) is 1. The summed E-state index contributed by atoms with van der Waals surface area (Å²) in [6.45, 7) is 3.20. The van der Waals surface area contributed by atoms with Crippen molar-refractivity contribution in [2.45, 2.75) is 38.2 Å². The topological polar surface area (TPSA) is 29.5 Å². The van der Waals surface area contributed by atoms with Gasteiger partial charge < -0.3 is 9.84 Å². The summed E-state index contributed by atoms with van der Waals surface area (Å²) in [4.78, 5) is 0. The Labute approximate surface area is 62.2 Å². The van der Waals surface area contributed by atoms with Gasteiger partial charge in [0, 0.05) is 13.2 Å². The Morgan fingerprint density at radius 2 is 2.30 bits per heavy atom. The quantitative estimate of drug-likeness (QED) is 0.633. The second-order valence-electron chi connectivity index (χ2n) is 3.23. The first-order chi connectivity index (χ1) is 4.77. The second-order valence-corrected chi connectivity index (χ2v) is 3.23.